The topological polar surface area (TPSA) is 145 Å². The number of pyridine rings is 1. The number of carbonyl (C=O) groups excluding carboxylic acids is 1. The number of nitrogen functional groups attached to an aromatic ring is 1. The summed E-state index contributed by atoms with van der Waals surface area (Å²) in [5.74, 6) is 0.627. The molecule has 0 atom stereocenters. The number of nitrogens with zero attached hydrogens (tertiary/aromatic N) is 3. The number of hydrogen-bond acceptors (Lipinski definition) is 9. The summed E-state index contributed by atoms with van der Waals surface area (Å²) in [6.45, 7) is 7.18. The number of hydrogen-bond donors (Lipinski definition) is 2. The van der Waals surface area contributed by atoms with Gasteiger partial charge in [0.25, 0.3) is 0 Å². The van der Waals surface area contributed by atoms with Gasteiger partial charge in [-0.3, -0.25) is 0 Å². The molecule has 0 unspecified atom stereocenters. The normalized spacial score (nSPS) is 11.9. The van der Waals surface area contributed by atoms with Gasteiger partial charge in [0.1, 0.15) is 5.60 Å². The second kappa shape index (κ2) is 16.5. The van der Waals surface area contributed by atoms with E-state index in [9.17, 15) is 13.2 Å². The van der Waals surface area contributed by atoms with Gasteiger partial charge in [-0.15, -0.1) is 0 Å². The molecule has 11 nitrogen and oxygen atoms in total. The van der Waals surface area contributed by atoms with E-state index in [-0.39, 0.29) is 67.3 Å². The largest absolute Gasteiger partial charge is 0.442 e. The van der Waals surface area contributed by atoms with E-state index in [1.165, 1.54) is 31.5 Å². The molecule has 0 aliphatic carbocycles. The van der Waals surface area contributed by atoms with Crippen molar-refractivity contribution in [2.24, 2.45) is 4.99 Å². The summed E-state index contributed by atoms with van der Waals surface area (Å²) >= 11 is 0.256. The number of unbranched alkanes of at least 4 members (excludes halogenated alkanes) is 2. The van der Waals surface area contributed by atoms with Crippen LogP contribution in [0.15, 0.2) is 35.5 Å². The molecule has 3 N–H and O–H groups in total. The molecule has 0 spiro atoms. The van der Waals surface area contributed by atoms with Gasteiger partial charge >= 0.3 is 198 Å². The van der Waals surface area contributed by atoms with Crippen molar-refractivity contribution < 1.29 is 36.2 Å². The van der Waals surface area contributed by atoms with Crippen LogP contribution in [-0.2, 0) is 19.3 Å². The van der Waals surface area contributed by atoms with Gasteiger partial charge in [-0.05, 0) is 27.2 Å². The molecule has 3 rings (SSSR count). The van der Waals surface area contributed by atoms with E-state index in [0.29, 0.717) is 22.9 Å². The Hall–Kier alpha value is -3.56. The molecule has 47 heavy (non-hydrogen) atoms. The van der Waals surface area contributed by atoms with E-state index >= 15 is 8.78 Å². The fraction of sp³-hybridized carbons (Fsp3) is 0.406. The van der Waals surface area contributed by atoms with E-state index in [4.69, 9.17) is 19.9 Å². The smallest absolute Gasteiger partial charge is 0.429 e. The fourth-order valence-electron chi connectivity index (χ4n) is 4.40. The van der Waals surface area contributed by atoms with E-state index in [0.717, 1.165) is 24.1 Å². The van der Waals surface area contributed by atoms with Crippen molar-refractivity contribution in [1.82, 2.24) is 15.4 Å². The number of carbonyl (C=O) groups is 1. The first-order chi connectivity index (χ1) is 22.1. The summed E-state index contributed by atoms with van der Waals surface area (Å²) in [7, 11) is -2.20. The molecule has 15 heteroatoms. The van der Waals surface area contributed by atoms with Gasteiger partial charge < -0.3 is 4.74 Å². The number of rotatable bonds is 11. The number of anilines is 1. The third-order valence-corrected chi connectivity index (χ3v) is 7.60. The van der Waals surface area contributed by atoms with Crippen LogP contribution in [0.25, 0.3) is 22.0 Å². The third-order valence-electron chi connectivity index (χ3n) is 6.45. The number of aliphatic imine (C=N–C) groups is 1. The number of amides is 1. The summed E-state index contributed by atoms with van der Waals surface area (Å²) in [5, 5.41) is 1.95. The molecule has 1 aromatic heterocycles. The van der Waals surface area contributed by atoms with Crippen LogP contribution < -0.4 is 15.9 Å². The second-order valence-electron chi connectivity index (χ2n) is 11.6. The first kappa shape index (κ1) is 37.9. The molecule has 0 bridgehead atoms. The number of nitrogens with two attached hydrogens (primary N) is 1. The van der Waals surface area contributed by atoms with E-state index in [2.05, 4.69) is 24.8 Å². The first-order valence-corrected chi connectivity index (χ1v) is 18.9. The maximum absolute atomic E-state index is 16.4. The van der Waals surface area contributed by atoms with Crippen LogP contribution in [0.1, 0.15) is 58.1 Å². The Kier molecular flexibility index (Phi) is 13.3. The van der Waals surface area contributed by atoms with Crippen molar-refractivity contribution in [1.29, 1.82) is 0 Å². The van der Waals surface area contributed by atoms with E-state index in [1.54, 1.807) is 26.8 Å². The minimum Gasteiger partial charge on any atom is -0.442 e. The van der Waals surface area contributed by atoms with Crippen LogP contribution in [-0.4, -0.2) is 94.3 Å². The monoisotopic (exact) mass is 863 g/mol. The van der Waals surface area contributed by atoms with Crippen molar-refractivity contribution >= 4 is 64.0 Å². The molecule has 250 valence electrons. The zero-order valence-electron chi connectivity index (χ0n) is 27.2. The number of halogens is 2. The van der Waals surface area contributed by atoms with Crippen LogP contribution >= 0.6 is 0 Å². The van der Waals surface area contributed by atoms with Crippen LogP contribution in [0.3, 0.4) is 0 Å². The van der Waals surface area contributed by atoms with Gasteiger partial charge in [0.2, 0.25) is 0 Å². The van der Waals surface area contributed by atoms with Crippen LogP contribution in [0.4, 0.5) is 19.3 Å². The van der Waals surface area contributed by atoms with Crippen LogP contribution in [0.5, 0.6) is 5.75 Å². The quantitative estimate of drug-likeness (QED) is 0.0523. The average Bonchev–Trinajstić information content (AvgIpc) is 2.98. The predicted molar refractivity (Wildman–Crippen MR) is 178 cm³/mol. The number of hydrazine groups is 1. The Morgan fingerprint density at radius 1 is 1.21 bits per heavy atom. The Labute approximate surface area is 289 Å². The van der Waals surface area contributed by atoms with Crippen molar-refractivity contribution in [3.63, 3.8) is 0 Å². The molecular weight excluding hydrogens is 825 g/mol. The Bertz CT molecular complexity index is 1820. The number of benzene rings is 2. The molecule has 0 fully saturated rings. The second-order valence-corrected chi connectivity index (χ2v) is 14.8. The van der Waals surface area contributed by atoms with Gasteiger partial charge in [0.05, 0.1) is 0 Å². The standard InChI is InChI=1S/C32H38F2N5O6S.Tl/c1-8-10-11-14-39(31(40)45-32(3,4)5)38-30(37-18-46(7,41)42)24-17-36-29(27(34)28(24)35)23-16-21(44-19-43-6)15-20-12-13-25(33)22(9-2)26(20)23;/h12-13,15-17H,8,10-11,14,18-19H2,1,3-7H3,(H2,35,36)(H,37,38);. The van der Waals surface area contributed by atoms with Crippen molar-refractivity contribution in [2.75, 3.05) is 38.3 Å². The number of ether oxygens (including phenoxy) is 3. The molecule has 0 saturated heterocycles. The predicted octanol–water partition coefficient (Wildman–Crippen LogP) is 4.90. The van der Waals surface area contributed by atoms with Gasteiger partial charge in [0.15, 0.2) is 9.84 Å². The summed E-state index contributed by atoms with van der Waals surface area (Å²) in [6.07, 6.45) is 3.67. The third kappa shape index (κ3) is 10.5. The summed E-state index contributed by atoms with van der Waals surface area (Å²) < 4.78 is 74.7. The number of amidine groups is 1. The Balaban J connectivity index is 2.24. The molecule has 0 saturated carbocycles. The maximum Gasteiger partial charge on any atom is 0.429 e. The zero-order chi connectivity index (χ0) is 34.9. The van der Waals surface area contributed by atoms with Gasteiger partial charge in [-0.2, -0.15) is 0 Å². The minimum absolute atomic E-state index is 0.0688. The van der Waals surface area contributed by atoms with Crippen molar-refractivity contribution in [2.45, 2.75) is 52.6 Å². The maximum atomic E-state index is 16.4. The van der Waals surface area contributed by atoms with E-state index < -0.39 is 44.7 Å². The summed E-state index contributed by atoms with van der Waals surface area (Å²) in [4.78, 5) is 21.6. The molecule has 0 aliphatic rings. The van der Waals surface area contributed by atoms with Crippen LogP contribution in [0, 0.1) is 21.0 Å². The number of nitrogens with one attached hydrogen (secondary N) is 1. The number of sulfone groups is 1. The average molecular weight is 863 g/mol. The fourth-order valence-corrected chi connectivity index (χ4v) is 5.33. The number of fused-ring (bicyclic) bond motifs is 1. The molecule has 1 heterocycles. The van der Waals surface area contributed by atoms with Crippen LogP contribution in [0.2, 0.25) is 0 Å². The SMILES string of the molecule is CCCCCN(N/C(=N/CS(C)(=O)=O)c1cnc(-c2cc(OCOC)cc3ccc(F)c(C#[C][Tl])c23)c(F)c1N)C(=O)OC(C)(C)C. The number of aromatic nitrogens is 1. The Morgan fingerprint density at radius 3 is 2.55 bits per heavy atom. The number of methoxy groups -OCH3 is 1. The van der Waals surface area contributed by atoms with E-state index in [1.807, 2.05) is 6.92 Å². The molecule has 0 aliphatic heterocycles. The zero-order valence-corrected chi connectivity index (χ0v) is 32.5. The molecule has 1 amide bonds. The molecular formula is C32H38F2N5O6STl. The molecule has 3 aromatic rings. The van der Waals surface area contributed by atoms with Gasteiger partial charge in [-0.1, -0.05) is 19.8 Å². The van der Waals surface area contributed by atoms with Crippen molar-refractivity contribution in [3.8, 4) is 26.4 Å². The Morgan fingerprint density at radius 2 is 1.94 bits per heavy atom. The van der Waals surface area contributed by atoms with Crippen molar-refractivity contribution in [3.05, 3.63) is 53.2 Å². The van der Waals surface area contributed by atoms with Gasteiger partial charge in [-0.25, -0.2) is 13.2 Å². The molecule has 0 radical (unpaired) electrons. The first-order valence-electron chi connectivity index (χ1n) is 14.6. The summed E-state index contributed by atoms with van der Waals surface area (Å²) in [5.41, 5.74) is 7.76. The van der Waals surface area contributed by atoms with Gasteiger partial charge in [0, 0.05) is 12.8 Å². The molecule has 2 aromatic carbocycles. The minimum atomic E-state index is -3.64. The summed E-state index contributed by atoms with van der Waals surface area (Å²) in [6, 6.07) is 5.93.